The molecule has 10 nitrogen and oxygen atoms in total. The molecule has 3 amide bonds. The van der Waals surface area contributed by atoms with Gasteiger partial charge in [-0.25, -0.2) is 0 Å². The maximum Gasteiger partial charge on any atom is 0.245 e. The minimum absolute atomic E-state index is 0.0744. The molecule has 5 rings (SSSR count). The highest BCUT2D eigenvalue weighted by Crippen LogP contribution is 2.33. The number of ketones is 1. The highest BCUT2D eigenvalue weighted by Gasteiger charge is 2.33. The molecule has 10 heteroatoms. The van der Waals surface area contributed by atoms with E-state index in [-0.39, 0.29) is 41.9 Å². The Bertz CT molecular complexity index is 1520. The van der Waals surface area contributed by atoms with Gasteiger partial charge in [0.05, 0.1) is 0 Å². The molecule has 0 radical (unpaired) electrons. The quantitative estimate of drug-likeness (QED) is 0.246. The molecular formula is C38H50N6O4. The number of carbonyl (C=O) groups is 4. The van der Waals surface area contributed by atoms with Crippen molar-refractivity contribution in [3.63, 3.8) is 0 Å². The summed E-state index contributed by atoms with van der Waals surface area (Å²) in [6, 6.07) is 19.1. The second kappa shape index (κ2) is 16.7. The summed E-state index contributed by atoms with van der Waals surface area (Å²) in [5.74, 6) is -0.720. The van der Waals surface area contributed by atoms with Gasteiger partial charge >= 0.3 is 0 Å². The molecule has 48 heavy (non-hydrogen) atoms. The lowest BCUT2D eigenvalue weighted by Gasteiger charge is -2.39. The predicted octanol–water partition coefficient (Wildman–Crippen LogP) is 5.17. The average Bonchev–Trinajstić information content (AvgIpc) is 3.56. The van der Waals surface area contributed by atoms with Crippen molar-refractivity contribution >= 4 is 29.2 Å². The van der Waals surface area contributed by atoms with Crippen LogP contribution in [0, 0.1) is 11.8 Å². The van der Waals surface area contributed by atoms with Gasteiger partial charge < -0.3 is 15.5 Å². The van der Waals surface area contributed by atoms with E-state index in [0.717, 1.165) is 50.8 Å². The molecule has 256 valence electrons. The molecule has 2 fully saturated rings. The first-order valence-corrected chi connectivity index (χ1v) is 17.5. The molecule has 3 aromatic rings. The topological polar surface area (TPSA) is 117 Å². The minimum atomic E-state index is -0.676. The number of benzene rings is 2. The zero-order valence-electron chi connectivity index (χ0n) is 28.6. The van der Waals surface area contributed by atoms with Crippen LogP contribution in [0.4, 0.5) is 5.69 Å². The SMILES string of the molecule is CCC(=O)NC(Cc1ccc(NC(=O)[C@@H](CC(=O)c2ccnn2C)C2CCCCC2)cc1)C(=O)N1CCN(C(C)c2ccccc2)CC1. The van der Waals surface area contributed by atoms with E-state index >= 15 is 0 Å². The number of amides is 3. The maximum atomic E-state index is 13.7. The number of aromatic nitrogens is 2. The standard InChI is InChI=1S/C38H50N6O4/c1-4-36(46)41-33(38(48)44-23-21-43(22-24-44)27(2)29-11-7-5-8-12-29)25-28-15-17-31(18-16-28)40-37(47)32(30-13-9-6-10-14-30)26-35(45)34-19-20-39-42(34)3/h5,7-8,11-12,15-20,27,30,32-33H,4,6,9-10,13-14,21-26H2,1-3H3,(H,40,47)(H,41,46)/t27?,32-,33?/m0/s1. The molecule has 0 spiro atoms. The molecule has 1 saturated heterocycles. The molecule has 1 aliphatic carbocycles. The number of nitrogens with zero attached hydrogens (tertiary/aromatic N) is 4. The number of carbonyl (C=O) groups excluding carboxylic acids is 4. The number of nitrogens with one attached hydrogen (secondary N) is 2. The van der Waals surface area contributed by atoms with Crippen molar-refractivity contribution in [2.45, 2.75) is 77.3 Å². The molecule has 2 aromatic carbocycles. The molecule has 1 saturated carbocycles. The zero-order valence-corrected chi connectivity index (χ0v) is 28.6. The maximum absolute atomic E-state index is 13.7. The van der Waals surface area contributed by atoms with E-state index in [9.17, 15) is 19.2 Å². The van der Waals surface area contributed by atoms with E-state index in [4.69, 9.17) is 0 Å². The summed E-state index contributed by atoms with van der Waals surface area (Å²) >= 11 is 0. The second-order valence-corrected chi connectivity index (χ2v) is 13.3. The van der Waals surface area contributed by atoms with Gasteiger partial charge in [-0.3, -0.25) is 28.8 Å². The largest absolute Gasteiger partial charge is 0.344 e. The number of hydrogen-bond acceptors (Lipinski definition) is 6. The van der Waals surface area contributed by atoms with Crippen molar-refractivity contribution in [1.82, 2.24) is 24.9 Å². The highest BCUT2D eigenvalue weighted by atomic mass is 16.2. The Balaban J connectivity index is 1.21. The summed E-state index contributed by atoms with van der Waals surface area (Å²) in [4.78, 5) is 57.3. The van der Waals surface area contributed by atoms with Crippen molar-refractivity contribution in [2.75, 3.05) is 31.5 Å². The Morgan fingerprint density at radius 2 is 1.58 bits per heavy atom. The van der Waals surface area contributed by atoms with Gasteiger partial charge in [-0.05, 0) is 55.0 Å². The van der Waals surface area contributed by atoms with Gasteiger partial charge in [0.25, 0.3) is 0 Å². The van der Waals surface area contributed by atoms with Crippen LogP contribution in [-0.2, 0) is 27.9 Å². The number of Topliss-reactive ketones (excluding diaryl/α,β-unsaturated/α-hetero) is 1. The summed E-state index contributed by atoms with van der Waals surface area (Å²) < 4.78 is 1.56. The lowest BCUT2D eigenvalue weighted by atomic mass is 9.77. The number of anilines is 1. The van der Waals surface area contributed by atoms with E-state index in [1.54, 1.807) is 30.9 Å². The lowest BCUT2D eigenvalue weighted by Crippen LogP contribution is -2.55. The first kappa shape index (κ1) is 35.0. The van der Waals surface area contributed by atoms with Crippen LogP contribution in [0.5, 0.6) is 0 Å². The number of rotatable bonds is 13. The van der Waals surface area contributed by atoms with Gasteiger partial charge in [-0.2, -0.15) is 5.10 Å². The fourth-order valence-electron chi connectivity index (χ4n) is 7.15. The van der Waals surface area contributed by atoms with Crippen LogP contribution in [0.3, 0.4) is 0 Å². The summed E-state index contributed by atoms with van der Waals surface area (Å²) in [6.07, 6.45) is 7.57. The molecule has 2 N–H and O–H groups in total. The molecule has 1 aromatic heterocycles. The number of piperazine rings is 1. The van der Waals surface area contributed by atoms with E-state index in [2.05, 4.69) is 51.8 Å². The summed E-state index contributed by atoms with van der Waals surface area (Å²) in [6.45, 7) is 6.71. The van der Waals surface area contributed by atoms with Gasteiger partial charge in [-0.1, -0.05) is 68.7 Å². The van der Waals surface area contributed by atoms with Crippen LogP contribution < -0.4 is 10.6 Å². The van der Waals surface area contributed by atoms with Crippen LogP contribution in [-0.4, -0.2) is 75.3 Å². The Hall–Kier alpha value is -4.31. The van der Waals surface area contributed by atoms with Crippen molar-refractivity contribution in [2.24, 2.45) is 18.9 Å². The third-order valence-corrected chi connectivity index (χ3v) is 10.1. The molecule has 1 aliphatic heterocycles. The number of hydrogen-bond donors (Lipinski definition) is 2. The molecule has 3 atom stereocenters. The molecular weight excluding hydrogens is 604 g/mol. The molecule has 2 heterocycles. The molecule has 0 bridgehead atoms. The van der Waals surface area contributed by atoms with Crippen LogP contribution in [0.1, 0.15) is 86.5 Å². The van der Waals surface area contributed by atoms with E-state index < -0.39 is 12.0 Å². The molecule has 2 unspecified atom stereocenters. The van der Waals surface area contributed by atoms with Gasteiger partial charge in [0.1, 0.15) is 11.7 Å². The second-order valence-electron chi connectivity index (χ2n) is 13.3. The average molecular weight is 655 g/mol. The van der Waals surface area contributed by atoms with Gasteiger partial charge in [0, 0.05) is 76.3 Å². The smallest absolute Gasteiger partial charge is 0.245 e. The van der Waals surface area contributed by atoms with Crippen molar-refractivity contribution in [1.29, 1.82) is 0 Å². The Kier molecular flexibility index (Phi) is 12.2. The fourth-order valence-corrected chi connectivity index (χ4v) is 7.15. The zero-order chi connectivity index (χ0) is 34.0. The summed E-state index contributed by atoms with van der Waals surface area (Å²) in [5, 5.41) is 10.1. The lowest BCUT2D eigenvalue weighted by molar-refractivity contribution is -0.138. The monoisotopic (exact) mass is 654 g/mol. The molecule has 2 aliphatic rings. The Morgan fingerprint density at radius 3 is 2.21 bits per heavy atom. The first-order valence-electron chi connectivity index (χ1n) is 17.5. The van der Waals surface area contributed by atoms with Crippen LogP contribution in [0.15, 0.2) is 66.9 Å². The fraction of sp³-hybridized carbons (Fsp3) is 0.500. The summed E-state index contributed by atoms with van der Waals surface area (Å²) in [5.41, 5.74) is 3.29. The Morgan fingerprint density at radius 1 is 0.896 bits per heavy atom. The van der Waals surface area contributed by atoms with E-state index in [1.165, 1.54) is 5.56 Å². The number of aryl methyl sites for hydroxylation is 1. The van der Waals surface area contributed by atoms with Crippen molar-refractivity contribution in [3.05, 3.63) is 83.7 Å². The van der Waals surface area contributed by atoms with Crippen molar-refractivity contribution < 1.29 is 19.2 Å². The van der Waals surface area contributed by atoms with Crippen LogP contribution in [0.2, 0.25) is 0 Å². The van der Waals surface area contributed by atoms with E-state index in [1.807, 2.05) is 35.2 Å². The third-order valence-electron chi connectivity index (χ3n) is 10.1. The van der Waals surface area contributed by atoms with Gasteiger partial charge in [0.2, 0.25) is 17.7 Å². The highest BCUT2D eigenvalue weighted by molar-refractivity contribution is 6.00. The van der Waals surface area contributed by atoms with Crippen LogP contribution >= 0.6 is 0 Å². The van der Waals surface area contributed by atoms with Gasteiger partial charge in [-0.15, -0.1) is 0 Å². The van der Waals surface area contributed by atoms with Crippen molar-refractivity contribution in [3.8, 4) is 0 Å². The normalized spacial score (nSPS) is 17.7. The van der Waals surface area contributed by atoms with E-state index in [0.29, 0.717) is 37.3 Å². The predicted molar refractivity (Wildman–Crippen MR) is 186 cm³/mol. The minimum Gasteiger partial charge on any atom is -0.344 e. The van der Waals surface area contributed by atoms with Crippen LogP contribution in [0.25, 0.3) is 0 Å². The summed E-state index contributed by atoms with van der Waals surface area (Å²) in [7, 11) is 1.74. The first-order chi connectivity index (χ1) is 23.2. The third kappa shape index (κ3) is 8.98. The Labute approximate surface area is 284 Å². The van der Waals surface area contributed by atoms with Gasteiger partial charge in [0.15, 0.2) is 5.78 Å².